The van der Waals surface area contributed by atoms with E-state index in [0.29, 0.717) is 10.8 Å². The quantitative estimate of drug-likeness (QED) is 0.529. The second kappa shape index (κ2) is 11.6. The van der Waals surface area contributed by atoms with E-state index in [4.69, 9.17) is 16.3 Å². The highest BCUT2D eigenvalue weighted by molar-refractivity contribution is 7.92. The van der Waals surface area contributed by atoms with Gasteiger partial charge < -0.3 is 15.0 Å². The number of methoxy groups -OCH3 is 1. The number of nitrogens with zero attached hydrogens (tertiary/aromatic N) is 2. The minimum absolute atomic E-state index is 0.113. The van der Waals surface area contributed by atoms with E-state index in [1.807, 2.05) is 13.8 Å². The first kappa shape index (κ1) is 27.5. The number of carbonyl (C=O) groups is 2. The van der Waals surface area contributed by atoms with Crippen molar-refractivity contribution in [3.05, 3.63) is 58.6 Å². The lowest BCUT2D eigenvalue weighted by molar-refractivity contribution is -0.139. The molecule has 0 aliphatic heterocycles. The van der Waals surface area contributed by atoms with Crippen molar-refractivity contribution in [3.63, 3.8) is 0 Å². The molecule has 186 valence electrons. The smallest absolute Gasteiger partial charge is 0.244 e. The number of aryl methyl sites for hydroxylation is 1. The van der Waals surface area contributed by atoms with Gasteiger partial charge in [-0.2, -0.15) is 0 Å². The number of hydrogen-bond donors (Lipinski definition) is 1. The van der Waals surface area contributed by atoms with Crippen molar-refractivity contribution in [3.8, 4) is 5.75 Å². The molecule has 2 amide bonds. The normalized spacial score (nSPS) is 12.2. The molecule has 2 rings (SSSR count). The van der Waals surface area contributed by atoms with Crippen LogP contribution in [0.25, 0.3) is 0 Å². The van der Waals surface area contributed by atoms with Gasteiger partial charge >= 0.3 is 0 Å². The second-order valence-electron chi connectivity index (χ2n) is 8.41. The van der Waals surface area contributed by atoms with Gasteiger partial charge in [0.1, 0.15) is 18.3 Å². The van der Waals surface area contributed by atoms with E-state index in [1.165, 1.54) is 11.0 Å². The number of halogens is 1. The van der Waals surface area contributed by atoms with Gasteiger partial charge in [-0.3, -0.25) is 13.9 Å². The Morgan fingerprint density at radius 2 is 1.71 bits per heavy atom. The number of amides is 2. The maximum absolute atomic E-state index is 13.5. The third-order valence-electron chi connectivity index (χ3n) is 5.23. The molecule has 0 aromatic heterocycles. The van der Waals surface area contributed by atoms with Gasteiger partial charge in [-0.1, -0.05) is 29.8 Å². The maximum Gasteiger partial charge on any atom is 0.244 e. The highest BCUT2D eigenvalue weighted by atomic mass is 35.5. The molecule has 0 saturated carbocycles. The summed E-state index contributed by atoms with van der Waals surface area (Å²) in [5.41, 5.74) is 1.82. The monoisotopic (exact) mass is 509 g/mol. The molecule has 1 atom stereocenters. The van der Waals surface area contributed by atoms with Crippen molar-refractivity contribution in [2.24, 2.45) is 0 Å². The van der Waals surface area contributed by atoms with Crippen molar-refractivity contribution >= 4 is 39.1 Å². The van der Waals surface area contributed by atoms with Crippen molar-refractivity contribution in [2.45, 2.75) is 46.3 Å². The Morgan fingerprint density at radius 1 is 1.09 bits per heavy atom. The van der Waals surface area contributed by atoms with Crippen LogP contribution < -0.4 is 14.4 Å². The van der Waals surface area contributed by atoms with Crippen LogP contribution in [0.1, 0.15) is 31.9 Å². The number of anilines is 1. The summed E-state index contributed by atoms with van der Waals surface area (Å²) in [6, 6.07) is 10.9. The van der Waals surface area contributed by atoms with Gasteiger partial charge in [0, 0.05) is 17.6 Å². The fourth-order valence-electron chi connectivity index (χ4n) is 3.27. The highest BCUT2D eigenvalue weighted by Crippen LogP contribution is 2.25. The SMILES string of the molecule is COc1ccc(CN(C(=O)CN(c2ccc(C)c(Cl)c2)S(C)(=O)=O)C(C)C(=O)NC(C)C)cc1. The zero-order valence-corrected chi connectivity index (χ0v) is 21.9. The molecule has 10 heteroatoms. The first-order chi connectivity index (χ1) is 15.8. The summed E-state index contributed by atoms with van der Waals surface area (Å²) in [7, 11) is -2.26. The predicted octanol–water partition coefficient (Wildman–Crippen LogP) is 3.36. The first-order valence-electron chi connectivity index (χ1n) is 10.8. The Morgan fingerprint density at radius 3 is 2.21 bits per heavy atom. The largest absolute Gasteiger partial charge is 0.497 e. The van der Waals surface area contributed by atoms with Gasteiger partial charge in [-0.05, 0) is 63.1 Å². The van der Waals surface area contributed by atoms with E-state index in [0.717, 1.165) is 21.7 Å². The topological polar surface area (TPSA) is 96.0 Å². The molecular weight excluding hydrogens is 478 g/mol. The number of carbonyl (C=O) groups excluding carboxylic acids is 2. The summed E-state index contributed by atoms with van der Waals surface area (Å²) < 4.78 is 31.3. The van der Waals surface area contributed by atoms with Crippen LogP contribution in [0.4, 0.5) is 5.69 Å². The number of benzene rings is 2. The molecule has 2 aromatic rings. The van der Waals surface area contributed by atoms with E-state index in [2.05, 4.69) is 5.32 Å². The van der Waals surface area contributed by atoms with Crippen LogP contribution in [0.5, 0.6) is 5.75 Å². The first-order valence-corrected chi connectivity index (χ1v) is 13.0. The zero-order valence-electron chi connectivity index (χ0n) is 20.3. The predicted molar refractivity (Wildman–Crippen MR) is 135 cm³/mol. The summed E-state index contributed by atoms with van der Waals surface area (Å²) in [6.07, 6.45) is 1.02. The molecule has 0 aliphatic carbocycles. The van der Waals surface area contributed by atoms with E-state index in [-0.39, 0.29) is 24.2 Å². The summed E-state index contributed by atoms with van der Waals surface area (Å²) in [5.74, 6) is -0.197. The molecule has 34 heavy (non-hydrogen) atoms. The zero-order chi connectivity index (χ0) is 25.6. The van der Waals surface area contributed by atoms with Crippen LogP contribution in [0.15, 0.2) is 42.5 Å². The molecule has 0 heterocycles. The molecule has 1 N–H and O–H groups in total. The Hall–Kier alpha value is -2.78. The average molecular weight is 510 g/mol. The van der Waals surface area contributed by atoms with Crippen LogP contribution >= 0.6 is 11.6 Å². The molecule has 8 nitrogen and oxygen atoms in total. The highest BCUT2D eigenvalue weighted by Gasteiger charge is 2.30. The van der Waals surface area contributed by atoms with Crippen molar-refractivity contribution < 1.29 is 22.7 Å². The molecule has 0 fully saturated rings. The standard InChI is InChI=1S/C24H32ClN3O5S/c1-16(2)26-24(30)18(4)27(14-19-8-11-21(33-5)12-9-19)23(29)15-28(34(6,31)32)20-10-7-17(3)22(25)13-20/h7-13,16,18H,14-15H2,1-6H3,(H,26,30). The van der Waals surface area contributed by atoms with Crippen LogP contribution in [0.2, 0.25) is 5.02 Å². The van der Waals surface area contributed by atoms with Crippen LogP contribution in [0.3, 0.4) is 0 Å². The van der Waals surface area contributed by atoms with Crippen molar-refractivity contribution in [1.82, 2.24) is 10.2 Å². The van der Waals surface area contributed by atoms with Gasteiger partial charge in [0.15, 0.2) is 0 Å². The molecule has 0 radical (unpaired) electrons. The summed E-state index contributed by atoms with van der Waals surface area (Å²) in [4.78, 5) is 27.6. The Kier molecular flexibility index (Phi) is 9.35. The molecule has 0 spiro atoms. The Bertz CT molecular complexity index is 1120. The molecule has 1 unspecified atom stereocenters. The van der Waals surface area contributed by atoms with Gasteiger partial charge in [-0.15, -0.1) is 0 Å². The summed E-state index contributed by atoms with van der Waals surface area (Å²) in [5, 5.41) is 3.20. The number of nitrogens with one attached hydrogen (secondary N) is 1. The van der Waals surface area contributed by atoms with E-state index in [9.17, 15) is 18.0 Å². The Balaban J connectivity index is 2.40. The lowest BCUT2D eigenvalue weighted by Crippen LogP contribution is -2.52. The minimum atomic E-state index is -3.81. The fourth-order valence-corrected chi connectivity index (χ4v) is 4.28. The summed E-state index contributed by atoms with van der Waals surface area (Å²) >= 11 is 6.20. The lowest BCUT2D eigenvalue weighted by atomic mass is 10.1. The molecular formula is C24H32ClN3O5S. The Labute approximate surface area is 206 Å². The van der Waals surface area contributed by atoms with E-state index < -0.39 is 28.5 Å². The molecule has 2 aromatic carbocycles. The second-order valence-corrected chi connectivity index (χ2v) is 10.7. The van der Waals surface area contributed by atoms with E-state index >= 15 is 0 Å². The number of sulfonamides is 1. The van der Waals surface area contributed by atoms with Crippen LogP contribution in [-0.2, 0) is 26.2 Å². The fraction of sp³-hybridized carbons (Fsp3) is 0.417. The molecule has 0 bridgehead atoms. The minimum Gasteiger partial charge on any atom is -0.497 e. The third kappa shape index (κ3) is 7.36. The van der Waals surface area contributed by atoms with Gasteiger partial charge in [0.05, 0.1) is 19.1 Å². The third-order valence-corrected chi connectivity index (χ3v) is 6.78. The van der Waals surface area contributed by atoms with Crippen molar-refractivity contribution in [1.29, 1.82) is 0 Å². The lowest BCUT2D eigenvalue weighted by Gasteiger charge is -2.32. The number of rotatable bonds is 10. The number of ether oxygens (including phenoxy) is 1. The van der Waals surface area contributed by atoms with E-state index in [1.54, 1.807) is 57.4 Å². The maximum atomic E-state index is 13.5. The number of hydrogen-bond acceptors (Lipinski definition) is 5. The summed E-state index contributed by atoms with van der Waals surface area (Å²) in [6.45, 7) is 6.70. The van der Waals surface area contributed by atoms with Gasteiger partial charge in [0.2, 0.25) is 21.8 Å². The van der Waals surface area contributed by atoms with Crippen LogP contribution in [-0.4, -0.2) is 57.1 Å². The average Bonchev–Trinajstić information content (AvgIpc) is 2.76. The van der Waals surface area contributed by atoms with Crippen molar-refractivity contribution in [2.75, 3.05) is 24.2 Å². The van der Waals surface area contributed by atoms with Crippen LogP contribution in [0, 0.1) is 6.92 Å². The van der Waals surface area contributed by atoms with Gasteiger partial charge in [-0.25, -0.2) is 8.42 Å². The molecule has 0 saturated heterocycles. The molecule has 0 aliphatic rings. The van der Waals surface area contributed by atoms with Gasteiger partial charge in [0.25, 0.3) is 0 Å².